The van der Waals surface area contributed by atoms with E-state index < -0.39 is 79.4 Å². The van der Waals surface area contributed by atoms with Gasteiger partial charge in [0, 0.05) is 12.7 Å². The Balaban J connectivity index is 2.38. The molecule has 0 aliphatic rings. The largest absolute Gasteiger partial charge is 0.444 e. The number of carbonyl (C=O) groups excluding carboxylic acids is 3. The van der Waals surface area contributed by atoms with Gasteiger partial charge in [-0.1, -0.05) is 65.0 Å². The standard InChI is InChI=1S/C31H45F3N4O7Si/c1-19(2)24(26(31(32,33)34)45-46(7,8)30(4,5)6)36-23(40)17-38-15-14-22(27(41)35-16-20(3)39)25(28(38)42)37-29(43)44-18-21-12-10-9-11-13-21/h9-15,19-20,24,26,39H,16-18H2,1-8H3,(H,35,41)(H,36,40)(H,37,43). The minimum Gasteiger partial charge on any atom is -0.444 e. The molecule has 1 aromatic carbocycles. The number of ether oxygens (including phenoxy) is 1. The second kappa shape index (κ2) is 15.7. The van der Waals surface area contributed by atoms with Gasteiger partial charge in [0.05, 0.1) is 17.7 Å². The van der Waals surface area contributed by atoms with Crippen LogP contribution in [0.4, 0.5) is 23.7 Å². The van der Waals surface area contributed by atoms with E-state index in [1.807, 2.05) is 0 Å². The van der Waals surface area contributed by atoms with Gasteiger partial charge < -0.3 is 29.5 Å². The fourth-order valence-electron chi connectivity index (χ4n) is 4.02. The van der Waals surface area contributed by atoms with Crippen molar-refractivity contribution in [3.63, 3.8) is 0 Å². The van der Waals surface area contributed by atoms with Crippen LogP contribution in [0.2, 0.25) is 18.1 Å². The molecule has 1 heterocycles. The van der Waals surface area contributed by atoms with Crippen LogP contribution in [-0.2, 0) is 27.1 Å². The highest BCUT2D eigenvalue weighted by molar-refractivity contribution is 6.74. The molecule has 46 heavy (non-hydrogen) atoms. The highest BCUT2D eigenvalue weighted by Gasteiger charge is 2.52. The normalized spacial score (nSPS) is 14.3. The second-order valence-corrected chi connectivity index (χ2v) is 17.7. The second-order valence-electron chi connectivity index (χ2n) is 13.0. The summed E-state index contributed by atoms with van der Waals surface area (Å²) < 4.78 is 54.9. The number of alkyl halides is 3. The molecule has 2 rings (SSSR count). The molecule has 0 bridgehead atoms. The number of hydrogen-bond acceptors (Lipinski definition) is 7. The van der Waals surface area contributed by atoms with E-state index >= 15 is 0 Å². The Bertz CT molecular complexity index is 1410. The van der Waals surface area contributed by atoms with Gasteiger partial charge in [0.25, 0.3) is 11.5 Å². The van der Waals surface area contributed by atoms with Gasteiger partial charge in [-0.05, 0) is 42.6 Å². The van der Waals surface area contributed by atoms with E-state index in [0.29, 0.717) is 5.56 Å². The van der Waals surface area contributed by atoms with Gasteiger partial charge in [-0.15, -0.1) is 0 Å². The summed E-state index contributed by atoms with van der Waals surface area (Å²) in [5.74, 6) is -2.42. The van der Waals surface area contributed by atoms with Crippen LogP contribution in [0, 0.1) is 5.92 Å². The zero-order valence-electron chi connectivity index (χ0n) is 27.4. The maximum atomic E-state index is 14.4. The van der Waals surface area contributed by atoms with E-state index in [9.17, 15) is 37.5 Å². The lowest BCUT2D eigenvalue weighted by Crippen LogP contribution is -2.59. The zero-order chi connectivity index (χ0) is 35.0. The first-order chi connectivity index (χ1) is 21.1. The first kappa shape index (κ1) is 38.5. The number of halogens is 3. The van der Waals surface area contributed by atoms with Gasteiger partial charge >= 0.3 is 12.3 Å². The van der Waals surface area contributed by atoms with Gasteiger partial charge in [-0.25, -0.2) is 4.79 Å². The van der Waals surface area contributed by atoms with E-state index in [4.69, 9.17) is 9.16 Å². The lowest BCUT2D eigenvalue weighted by Gasteiger charge is -2.42. The molecule has 0 radical (unpaired) electrons. The monoisotopic (exact) mass is 670 g/mol. The molecule has 0 saturated heterocycles. The van der Waals surface area contributed by atoms with Crippen LogP contribution < -0.4 is 21.5 Å². The number of benzene rings is 1. The highest BCUT2D eigenvalue weighted by atomic mass is 28.4. The number of aromatic nitrogens is 1. The Labute approximate surface area is 268 Å². The summed E-state index contributed by atoms with van der Waals surface area (Å²) in [6.45, 7) is 12.2. The maximum Gasteiger partial charge on any atom is 0.415 e. The molecule has 0 spiro atoms. The van der Waals surface area contributed by atoms with E-state index in [2.05, 4.69) is 16.0 Å². The predicted molar refractivity (Wildman–Crippen MR) is 170 cm³/mol. The van der Waals surface area contributed by atoms with Crippen molar-refractivity contribution < 1.29 is 41.8 Å². The third kappa shape index (κ3) is 11.0. The summed E-state index contributed by atoms with van der Waals surface area (Å²) >= 11 is 0. The number of rotatable bonds is 13. The summed E-state index contributed by atoms with van der Waals surface area (Å²) in [6.07, 6.45) is -7.96. The van der Waals surface area contributed by atoms with Gasteiger partial charge in [-0.2, -0.15) is 13.2 Å². The number of nitrogens with one attached hydrogen (secondary N) is 3. The molecule has 4 N–H and O–H groups in total. The Morgan fingerprint density at radius 1 is 1.02 bits per heavy atom. The molecule has 15 heteroatoms. The number of carbonyl (C=O) groups is 3. The minimum atomic E-state index is -4.80. The number of anilines is 1. The van der Waals surface area contributed by atoms with E-state index in [1.54, 1.807) is 64.2 Å². The topological polar surface area (TPSA) is 148 Å². The Morgan fingerprint density at radius 3 is 2.15 bits per heavy atom. The number of aliphatic hydroxyl groups is 1. The van der Waals surface area contributed by atoms with Crippen LogP contribution in [0.1, 0.15) is 57.5 Å². The maximum absolute atomic E-state index is 14.4. The third-order valence-corrected chi connectivity index (χ3v) is 12.1. The van der Waals surface area contributed by atoms with Crippen molar-refractivity contribution in [2.75, 3.05) is 11.9 Å². The van der Waals surface area contributed by atoms with E-state index in [0.717, 1.165) is 16.8 Å². The van der Waals surface area contributed by atoms with E-state index in [1.165, 1.54) is 20.8 Å². The van der Waals surface area contributed by atoms with Gasteiger partial charge in [-0.3, -0.25) is 19.7 Å². The summed E-state index contributed by atoms with van der Waals surface area (Å²) in [7, 11) is -2.94. The molecule has 2 aromatic rings. The molecule has 0 fully saturated rings. The number of nitrogens with zero attached hydrogens (tertiary/aromatic N) is 1. The van der Waals surface area contributed by atoms with Crippen LogP contribution in [-0.4, -0.2) is 66.9 Å². The van der Waals surface area contributed by atoms with Crippen LogP contribution in [0.3, 0.4) is 0 Å². The third-order valence-electron chi connectivity index (χ3n) is 7.64. The molecular formula is C31H45F3N4O7Si. The molecular weight excluding hydrogens is 625 g/mol. The molecule has 0 aliphatic carbocycles. The van der Waals surface area contributed by atoms with Crippen LogP contribution in [0.25, 0.3) is 0 Å². The number of pyridine rings is 1. The molecule has 0 saturated carbocycles. The summed E-state index contributed by atoms with van der Waals surface area (Å²) in [6, 6.07) is 8.36. The first-order valence-corrected chi connectivity index (χ1v) is 17.8. The van der Waals surface area contributed by atoms with Crippen molar-refractivity contribution in [3.8, 4) is 0 Å². The molecule has 3 amide bonds. The lowest BCUT2D eigenvalue weighted by molar-refractivity contribution is -0.210. The zero-order valence-corrected chi connectivity index (χ0v) is 28.4. The fourth-order valence-corrected chi connectivity index (χ4v) is 5.29. The van der Waals surface area contributed by atoms with Crippen molar-refractivity contribution in [1.29, 1.82) is 0 Å². The average molecular weight is 671 g/mol. The quantitative estimate of drug-likeness (QED) is 0.224. The van der Waals surface area contributed by atoms with Gasteiger partial charge in [0.1, 0.15) is 18.8 Å². The minimum absolute atomic E-state index is 0.145. The Kier molecular flexibility index (Phi) is 13.2. The van der Waals surface area contributed by atoms with Gasteiger partial charge in [0.15, 0.2) is 14.4 Å². The number of aliphatic hydroxyl groups excluding tert-OH is 1. The van der Waals surface area contributed by atoms with Crippen molar-refractivity contribution in [2.45, 2.75) is 97.3 Å². The Morgan fingerprint density at radius 2 is 1.63 bits per heavy atom. The summed E-state index contributed by atoms with van der Waals surface area (Å²) in [4.78, 5) is 52.1. The molecule has 3 unspecified atom stereocenters. The number of hydrogen-bond donors (Lipinski definition) is 4. The van der Waals surface area contributed by atoms with E-state index in [-0.39, 0.29) is 18.7 Å². The van der Waals surface area contributed by atoms with Crippen molar-refractivity contribution in [1.82, 2.24) is 15.2 Å². The van der Waals surface area contributed by atoms with Crippen molar-refractivity contribution in [2.24, 2.45) is 5.92 Å². The summed E-state index contributed by atoms with van der Waals surface area (Å²) in [5.41, 5.74) is -1.13. The molecule has 1 aromatic heterocycles. The van der Waals surface area contributed by atoms with Crippen molar-refractivity contribution in [3.05, 3.63) is 64.1 Å². The molecule has 256 valence electrons. The fraction of sp³-hybridized carbons (Fsp3) is 0.548. The van der Waals surface area contributed by atoms with Crippen molar-refractivity contribution >= 4 is 31.9 Å². The van der Waals surface area contributed by atoms with Crippen LogP contribution >= 0.6 is 0 Å². The van der Waals surface area contributed by atoms with Crippen LogP contribution in [0.15, 0.2) is 47.4 Å². The SMILES string of the molecule is CC(O)CNC(=O)c1ccn(CC(=O)NC(C(C)C)C(O[Si](C)(C)C(C)(C)C)C(F)(F)F)c(=O)c1NC(=O)OCc1ccccc1. The van der Waals surface area contributed by atoms with Gasteiger partial charge in [0.2, 0.25) is 5.91 Å². The smallest absolute Gasteiger partial charge is 0.415 e. The first-order valence-electron chi connectivity index (χ1n) is 14.8. The predicted octanol–water partition coefficient (Wildman–Crippen LogP) is 4.80. The summed E-state index contributed by atoms with van der Waals surface area (Å²) in [5, 5.41) is 16.1. The van der Waals surface area contributed by atoms with Crippen LogP contribution in [0.5, 0.6) is 0 Å². The Hall–Kier alpha value is -3.69. The highest BCUT2D eigenvalue weighted by Crippen LogP contribution is 2.41. The average Bonchev–Trinajstić information content (AvgIpc) is 2.94. The molecule has 11 nitrogen and oxygen atoms in total. The number of amides is 3. The lowest BCUT2D eigenvalue weighted by atomic mass is 9.98. The molecule has 0 aliphatic heterocycles. The molecule has 3 atom stereocenters.